The molecule has 3 heterocycles. The molecule has 0 spiro atoms. The number of para-hydroxylation sites is 2. The molecule has 0 unspecified atom stereocenters. The van der Waals surface area contributed by atoms with Crippen molar-refractivity contribution < 1.29 is 5.11 Å². The third kappa shape index (κ3) is 2.56. The van der Waals surface area contributed by atoms with Crippen molar-refractivity contribution in [1.82, 2.24) is 34.3 Å². The molecule has 1 aliphatic rings. The highest BCUT2D eigenvalue weighted by Gasteiger charge is 2.44. The summed E-state index contributed by atoms with van der Waals surface area (Å²) in [5, 5.41) is 14.2. The van der Waals surface area contributed by atoms with Crippen LogP contribution in [-0.2, 0) is 7.05 Å². The molecule has 1 N–H and O–H groups in total. The van der Waals surface area contributed by atoms with Crippen LogP contribution in [0.1, 0.15) is 41.4 Å². The number of hydrogen-bond donors (Lipinski definition) is 1. The molecule has 0 amide bonds. The minimum Gasteiger partial charge on any atom is -0.479 e. The second-order valence-corrected chi connectivity index (χ2v) is 7.04. The number of rotatable bonds is 3. The highest BCUT2D eigenvalue weighted by Crippen LogP contribution is 2.54. The predicted octanol–water partition coefficient (Wildman–Crippen LogP) is 2.54. The van der Waals surface area contributed by atoms with Gasteiger partial charge in [-0.15, -0.1) is 5.10 Å². The SMILES string of the molecule is Cc1nc([C@H]2C[C@@H]2c2nc3ccccc3n2C)cc(-n2nc(C)nc2O)n1. The Morgan fingerprint density at radius 1 is 1.00 bits per heavy atom. The van der Waals surface area contributed by atoms with Gasteiger partial charge in [-0.05, 0) is 32.4 Å². The first-order valence-corrected chi connectivity index (χ1v) is 8.91. The lowest BCUT2D eigenvalue weighted by atomic mass is 10.2. The van der Waals surface area contributed by atoms with Gasteiger partial charge in [-0.3, -0.25) is 0 Å². The zero-order valence-corrected chi connectivity index (χ0v) is 15.3. The maximum absolute atomic E-state index is 9.98. The van der Waals surface area contributed by atoms with Gasteiger partial charge in [0.15, 0.2) is 11.6 Å². The third-order valence-corrected chi connectivity index (χ3v) is 5.08. The van der Waals surface area contributed by atoms with Gasteiger partial charge in [0.1, 0.15) is 11.6 Å². The van der Waals surface area contributed by atoms with Crippen LogP contribution in [0.5, 0.6) is 6.01 Å². The molecule has 0 bridgehead atoms. The van der Waals surface area contributed by atoms with Crippen molar-refractivity contribution in [3.8, 4) is 11.8 Å². The van der Waals surface area contributed by atoms with Crippen LogP contribution in [0, 0.1) is 13.8 Å². The van der Waals surface area contributed by atoms with E-state index in [2.05, 4.69) is 37.7 Å². The summed E-state index contributed by atoms with van der Waals surface area (Å²) in [5.41, 5.74) is 3.10. The zero-order valence-electron chi connectivity index (χ0n) is 15.3. The average molecular weight is 361 g/mol. The number of benzene rings is 1. The van der Waals surface area contributed by atoms with E-state index in [1.807, 2.05) is 31.2 Å². The molecule has 4 aromatic rings. The fourth-order valence-electron chi connectivity index (χ4n) is 3.73. The van der Waals surface area contributed by atoms with Gasteiger partial charge < -0.3 is 9.67 Å². The summed E-state index contributed by atoms with van der Waals surface area (Å²) in [4.78, 5) is 17.8. The number of aromatic hydroxyl groups is 1. The molecule has 1 fully saturated rings. The molecule has 27 heavy (non-hydrogen) atoms. The first-order chi connectivity index (χ1) is 13.0. The number of aryl methyl sites for hydroxylation is 3. The Hall–Kier alpha value is -3.29. The first kappa shape index (κ1) is 15.9. The van der Waals surface area contributed by atoms with E-state index in [9.17, 15) is 5.11 Å². The molecule has 136 valence electrons. The van der Waals surface area contributed by atoms with Crippen molar-refractivity contribution in [3.05, 3.63) is 53.5 Å². The number of fused-ring (bicyclic) bond motifs is 1. The quantitative estimate of drug-likeness (QED) is 0.603. The summed E-state index contributed by atoms with van der Waals surface area (Å²) in [7, 11) is 2.06. The Balaban J connectivity index is 1.51. The van der Waals surface area contributed by atoms with Crippen molar-refractivity contribution in [3.63, 3.8) is 0 Å². The second-order valence-electron chi connectivity index (χ2n) is 7.04. The van der Waals surface area contributed by atoms with Gasteiger partial charge >= 0.3 is 6.01 Å². The molecule has 8 heteroatoms. The molecule has 5 rings (SSSR count). The van der Waals surface area contributed by atoms with E-state index in [1.165, 1.54) is 4.68 Å². The van der Waals surface area contributed by atoms with Crippen LogP contribution in [0.2, 0.25) is 0 Å². The monoisotopic (exact) mass is 361 g/mol. The predicted molar refractivity (Wildman–Crippen MR) is 98.9 cm³/mol. The van der Waals surface area contributed by atoms with Crippen molar-refractivity contribution in [2.45, 2.75) is 32.1 Å². The molecule has 0 aliphatic heterocycles. The fraction of sp³-hybridized carbons (Fsp3) is 0.316. The largest absolute Gasteiger partial charge is 0.479 e. The molecule has 3 aromatic heterocycles. The standard InChI is InChI=1S/C19H19N7O/c1-10-20-15(9-17(21-10)26-19(27)22-11(2)24-26)12-8-13(12)18-23-14-6-4-5-7-16(14)25(18)3/h4-7,9,12-13H,8H2,1-3H3,(H,22,24,27)/t12-,13-/m0/s1. The minimum atomic E-state index is -0.167. The van der Waals surface area contributed by atoms with E-state index in [4.69, 9.17) is 4.98 Å². The topological polar surface area (TPSA) is 94.5 Å². The fourth-order valence-corrected chi connectivity index (χ4v) is 3.73. The summed E-state index contributed by atoms with van der Waals surface area (Å²) in [6.45, 7) is 3.58. The summed E-state index contributed by atoms with van der Waals surface area (Å²) in [5.74, 6) is 3.37. The lowest BCUT2D eigenvalue weighted by molar-refractivity contribution is 0.413. The Morgan fingerprint density at radius 2 is 1.81 bits per heavy atom. The molecule has 8 nitrogen and oxygen atoms in total. The zero-order chi connectivity index (χ0) is 18.7. The number of aromatic nitrogens is 7. The van der Waals surface area contributed by atoms with Gasteiger partial charge in [0, 0.05) is 24.9 Å². The van der Waals surface area contributed by atoms with E-state index in [1.54, 1.807) is 6.92 Å². The van der Waals surface area contributed by atoms with Crippen molar-refractivity contribution in [1.29, 1.82) is 0 Å². The Morgan fingerprint density at radius 3 is 2.56 bits per heavy atom. The van der Waals surface area contributed by atoms with E-state index in [0.29, 0.717) is 23.4 Å². The number of nitrogens with zero attached hydrogens (tertiary/aromatic N) is 7. The number of imidazole rings is 1. The Labute approximate surface area is 155 Å². The molecule has 1 aliphatic carbocycles. The van der Waals surface area contributed by atoms with Crippen molar-refractivity contribution in [2.24, 2.45) is 7.05 Å². The van der Waals surface area contributed by atoms with Crippen LogP contribution in [0.4, 0.5) is 0 Å². The van der Waals surface area contributed by atoms with Crippen LogP contribution >= 0.6 is 0 Å². The van der Waals surface area contributed by atoms with Crippen molar-refractivity contribution >= 4 is 11.0 Å². The first-order valence-electron chi connectivity index (χ1n) is 8.91. The van der Waals surface area contributed by atoms with Gasteiger partial charge in [-0.25, -0.2) is 15.0 Å². The second kappa shape index (κ2) is 5.60. The maximum Gasteiger partial charge on any atom is 0.318 e. The van der Waals surface area contributed by atoms with Gasteiger partial charge in [0.05, 0.1) is 16.7 Å². The summed E-state index contributed by atoms with van der Waals surface area (Å²) >= 11 is 0. The average Bonchev–Trinajstić information content (AvgIpc) is 3.27. The van der Waals surface area contributed by atoms with Gasteiger partial charge in [-0.2, -0.15) is 9.67 Å². The van der Waals surface area contributed by atoms with Crippen LogP contribution < -0.4 is 0 Å². The normalized spacial score (nSPS) is 18.9. The minimum absolute atomic E-state index is 0.167. The molecule has 0 radical (unpaired) electrons. The van der Waals surface area contributed by atoms with Crippen LogP contribution in [0.15, 0.2) is 30.3 Å². The van der Waals surface area contributed by atoms with E-state index >= 15 is 0 Å². The Kier molecular flexibility index (Phi) is 3.30. The van der Waals surface area contributed by atoms with Crippen LogP contribution in [0.25, 0.3) is 16.9 Å². The molecular weight excluding hydrogens is 342 g/mol. The van der Waals surface area contributed by atoms with Crippen LogP contribution in [-0.4, -0.2) is 39.4 Å². The highest BCUT2D eigenvalue weighted by atomic mass is 16.3. The highest BCUT2D eigenvalue weighted by molar-refractivity contribution is 5.76. The van der Waals surface area contributed by atoms with Crippen LogP contribution in [0.3, 0.4) is 0 Å². The molecule has 2 atom stereocenters. The van der Waals surface area contributed by atoms with Gasteiger partial charge in [0.2, 0.25) is 0 Å². The Bertz CT molecular complexity index is 1180. The number of hydrogen-bond acceptors (Lipinski definition) is 6. The molecule has 0 saturated heterocycles. The third-order valence-electron chi connectivity index (χ3n) is 5.08. The molecule has 1 saturated carbocycles. The van der Waals surface area contributed by atoms with E-state index in [-0.39, 0.29) is 11.9 Å². The summed E-state index contributed by atoms with van der Waals surface area (Å²) < 4.78 is 3.52. The lowest BCUT2D eigenvalue weighted by Crippen LogP contribution is -2.05. The van der Waals surface area contributed by atoms with E-state index in [0.717, 1.165) is 29.0 Å². The molecule has 1 aromatic carbocycles. The van der Waals surface area contributed by atoms with Gasteiger partial charge in [-0.1, -0.05) is 12.1 Å². The molecular formula is C19H19N7O. The van der Waals surface area contributed by atoms with Gasteiger partial charge in [0.25, 0.3) is 0 Å². The smallest absolute Gasteiger partial charge is 0.318 e. The summed E-state index contributed by atoms with van der Waals surface area (Å²) in [6, 6.07) is 9.89. The van der Waals surface area contributed by atoms with E-state index < -0.39 is 0 Å². The lowest BCUT2D eigenvalue weighted by Gasteiger charge is -2.06. The maximum atomic E-state index is 9.98. The summed E-state index contributed by atoms with van der Waals surface area (Å²) in [6.07, 6.45) is 0.995. The van der Waals surface area contributed by atoms with Crippen molar-refractivity contribution in [2.75, 3.05) is 0 Å².